The van der Waals surface area contributed by atoms with Crippen LogP contribution in [0, 0.1) is 13.8 Å². The summed E-state index contributed by atoms with van der Waals surface area (Å²) in [5.74, 6) is 0.865. The average Bonchev–Trinajstić information content (AvgIpc) is 3.21. The number of nitrogens with zero attached hydrogens (tertiary/aromatic N) is 5. The van der Waals surface area contributed by atoms with Gasteiger partial charge in [-0.3, -0.25) is 9.59 Å². The van der Waals surface area contributed by atoms with Crippen LogP contribution in [0.2, 0.25) is 0 Å². The predicted molar refractivity (Wildman–Crippen MR) is 111 cm³/mol. The van der Waals surface area contributed by atoms with Gasteiger partial charge in [0.1, 0.15) is 11.6 Å². The Kier molecular flexibility index (Phi) is 6.32. The largest absolute Gasteiger partial charge is 0.370 e. The molecule has 3 rings (SSSR count). The number of nitrogens with two attached hydrogens (primary N) is 1. The highest BCUT2D eigenvalue weighted by Gasteiger charge is 2.14. The number of thioether (sulfide) groups is 1. The quantitative estimate of drug-likeness (QED) is 0.543. The molecule has 29 heavy (non-hydrogen) atoms. The van der Waals surface area contributed by atoms with Crippen molar-refractivity contribution >= 4 is 29.4 Å². The Morgan fingerprint density at radius 3 is 2.59 bits per heavy atom. The van der Waals surface area contributed by atoms with Crippen LogP contribution >= 0.6 is 11.8 Å². The number of carbonyl (C=O) groups excluding carboxylic acids is 2. The lowest BCUT2D eigenvalue weighted by Crippen LogP contribution is -2.17. The van der Waals surface area contributed by atoms with Gasteiger partial charge < -0.3 is 15.6 Å². The Hall–Kier alpha value is -3.14. The van der Waals surface area contributed by atoms with Gasteiger partial charge in [0.25, 0.3) is 0 Å². The Morgan fingerprint density at radius 2 is 1.90 bits per heavy atom. The Morgan fingerprint density at radius 1 is 1.17 bits per heavy atom. The maximum atomic E-state index is 12.5. The van der Waals surface area contributed by atoms with Crippen molar-refractivity contribution < 1.29 is 9.59 Å². The smallest absolute Gasteiger partial charge is 0.236 e. The second-order valence-electron chi connectivity index (χ2n) is 6.68. The number of primary amides is 1. The van der Waals surface area contributed by atoms with E-state index in [1.54, 1.807) is 16.3 Å². The molecule has 0 aliphatic rings. The van der Waals surface area contributed by atoms with Crippen LogP contribution in [0.4, 0.5) is 5.82 Å². The molecule has 152 valence electrons. The molecule has 2 heterocycles. The molecule has 2 amide bonds. The van der Waals surface area contributed by atoms with Crippen molar-refractivity contribution in [3.05, 3.63) is 47.4 Å². The van der Waals surface area contributed by atoms with E-state index in [1.807, 2.05) is 44.2 Å². The molecule has 0 aliphatic heterocycles. The predicted octanol–water partition coefficient (Wildman–Crippen LogP) is 1.77. The lowest BCUT2D eigenvalue weighted by Gasteiger charge is -2.09. The van der Waals surface area contributed by atoms with Gasteiger partial charge in [-0.1, -0.05) is 29.5 Å². The fourth-order valence-corrected chi connectivity index (χ4v) is 3.43. The van der Waals surface area contributed by atoms with E-state index in [2.05, 4.69) is 20.6 Å². The molecular formula is C19H23N7O2S. The average molecular weight is 414 g/mol. The lowest BCUT2D eigenvalue weighted by molar-refractivity contribution is -0.118. The summed E-state index contributed by atoms with van der Waals surface area (Å²) in [5, 5.41) is 16.1. The standard InChI is InChI=1S/C19H23N7O2S/c1-12-4-6-14(7-5-12)26-17(10-13(2)24-26)21-18(28)11-29-19-23-22-16(25(19)3)9-8-15(20)27/h4-7,10H,8-9,11H2,1-3H3,(H2,20,27)(H,21,28). The zero-order valence-electron chi connectivity index (χ0n) is 16.5. The summed E-state index contributed by atoms with van der Waals surface area (Å²) < 4.78 is 3.48. The molecule has 2 aromatic heterocycles. The number of nitrogens with one attached hydrogen (secondary N) is 1. The minimum atomic E-state index is -0.387. The van der Waals surface area contributed by atoms with Gasteiger partial charge in [0, 0.05) is 26.0 Å². The van der Waals surface area contributed by atoms with E-state index in [-0.39, 0.29) is 24.0 Å². The zero-order chi connectivity index (χ0) is 21.0. The third kappa shape index (κ3) is 5.23. The van der Waals surface area contributed by atoms with Crippen molar-refractivity contribution in [1.29, 1.82) is 0 Å². The number of rotatable bonds is 8. The van der Waals surface area contributed by atoms with Crippen LogP contribution in [0.1, 0.15) is 23.5 Å². The van der Waals surface area contributed by atoms with Crippen LogP contribution in [0.25, 0.3) is 5.69 Å². The summed E-state index contributed by atoms with van der Waals surface area (Å²) in [6.07, 6.45) is 0.625. The summed E-state index contributed by atoms with van der Waals surface area (Å²) in [7, 11) is 1.80. The van der Waals surface area contributed by atoms with Gasteiger partial charge >= 0.3 is 0 Å². The van der Waals surface area contributed by atoms with Crippen LogP contribution in [-0.2, 0) is 23.1 Å². The maximum Gasteiger partial charge on any atom is 0.236 e. The maximum absolute atomic E-state index is 12.5. The summed E-state index contributed by atoms with van der Waals surface area (Å²) >= 11 is 1.27. The van der Waals surface area contributed by atoms with Gasteiger partial charge in [0.2, 0.25) is 11.8 Å². The topological polar surface area (TPSA) is 121 Å². The molecule has 0 fully saturated rings. The number of hydrogen-bond acceptors (Lipinski definition) is 6. The monoisotopic (exact) mass is 413 g/mol. The van der Waals surface area contributed by atoms with Gasteiger partial charge in [-0.25, -0.2) is 4.68 Å². The zero-order valence-corrected chi connectivity index (χ0v) is 17.4. The molecule has 0 bridgehead atoms. The summed E-state index contributed by atoms with van der Waals surface area (Å²) in [4.78, 5) is 23.4. The Bertz CT molecular complexity index is 1020. The number of anilines is 1. The van der Waals surface area contributed by atoms with Gasteiger partial charge in [-0.15, -0.1) is 10.2 Å². The number of aryl methyl sites for hydroxylation is 3. The molecule has 0 spiro atoms. The number of aromatic nitrogens is 5. The minimum absolute atomic E-state index is 0.167. The fraction of sp³-hybridized carbons (Fsp3) is 0.316. The number of carbonyl (C=O) groups is 2. The van der Waals surface area contributed by atoms with Gasteiger partial charge in [0.15, 0.2) is 5.16 Å². The first-order valence-corrected chi connectivity index (χ1v) is 10.0. The Balaban J connectivity index is 1.63. The van der Waals surface area contributed by atoms with Crippen LogP contribution in [0.3, 0.4) is 0 Å². The van der Waals surface area contributed by atoms with Gasteiger partial charge in [-0.05, 0) is 26.0 Å². The molecule has 0 radical (unpaired) electrons. The van der Waals surface area contributed by atoms with E-state index >= 15 is 0 Å². The Labute approximate surface area is 172 Å². The highest BCUT2D eigenvalue weighted by molar-refractivity contribution is 7.99. The third-order valence-electron chi connectivity index (χ3n) is 4.23. The first kappa shape index (κ1) is 20.6. The van der Waals surface area contributed by atoms with Crippen molar-refractivity contribution in [1.82, 2.24) is 24.5 Å². The van der Waals surface area contributed by atoms with Gasteiger partial charge in [0.05, 0.1) is 17.1 Å². The normalized spacial score (nSPS) is 10.9. The van der Waals surface area contributed by atoms with E-state index in [9.17, 15) is 9.59 Å². The molecule has 0 atom stereocenters. The molecular weight excluding hydrogens is 390 g/mol. The van der Waals surface area contributed by atoms with Crippen LogP contribution in [-0.4, -0.2) is 42.1 Å². The van der Waals surface area contributed by atoms with Gasteiger partial charge in [-0.2, -0.15) is 5.10 Å². The van der Waals surface area contributed by atoms with Crippen molar-refractivity contribution in [3.63, 3.8) is 0 Å². The highest BCUT2D eigenvalue weighted by atomic mass is 32.2. The second kappa shape index (κ2) is 8.91. The molecule has 10 heteroatoms. The molecule has 0 aliphatic carbocycles. The van der Waals surface area contributed by atoms with Crippen molar-refractivity contribution in [3.8, 4) is 5.69 Å². The van der Waals surface area contributed by atoms with E-state index in [4.69, 9.17) is 5.73 Å². The van der Waals surface area contributed by atoms with E-state index in [0.29, 0.717) is 23.2 Å². The number of hydrogen-bond donors (Lipinski definition) is 2. The van der Waals surface area contributed by atoms with E-state index in [0.717, 1.165) is 16.9 Å². The summed E-state index contributed by atoms with van der Waals surface area (Å²) in [5.41, 5.74) is 8.00. The molecule has 3 N–H and O–H groups in total. The van der Waals surface area contributed by atoms with Crippen LogP contribution in [0.5, 0.6) is 0 Å². The lowest BCUT2D eigenvalue weighted by atomic mass is 10.2. The fourth-order valence-electron chi connectivity index (χ4n) is 2.70. The number of benzene rings is 1. The van der Waals surface area contributed by atoms with Crippen molar-refractivity contribution in [2.45, 2.75) is 31.8 Å². The van der Waals surface area contributed by atoms with E-state index < -0.39 is 0 Å². The van der Waals surface area contributed by atoms with Crippen LogP contribution in [0.15, 0.2) is 35.5 Å². The molecule has 1 aromatic carbocycles. The molecule has 3 aromatic rings. The van der Waals surface area contributed by atoms with Crippen LogP contribution < -0.4 is 11.1 Å². The van der Waals surface area contributed by atoms with Crippen molar-refractivity contribution in [2.75, 3.05) is 11.1 Å². The SMILES string of the molecule is Cc1ccc(-n2nc(C)cc2NC(=O)CSc2nnc(CCC(N)=O)n2C)cc1. The minimum Gasteiger partial charge on any atom is -0.370 e. The first-order chi connectivity index (χ1) is 13.8. The molecule has 0 saturated heterocycles. The first-order valence-electron chi connectivity index (χ1n) is 9.06. The molecule has 9 nitrogen and oxygen atoms in total. The molecule has 0 unspecified atom stereocenters. The summed E-state index contributed by atoms with van der Waals surface area (Å²) in [6.45, 7) is 3.89. The third-order valence-corrected chi connectivity index (χ3v) is 5.25. The van der Waals surface area contributed by atoms with E-state index in [1.165, 1.54) is 11.8 Å². The summed E-state index contributed by atoms with van der Waals surface area (Å²) in [6, 6.07) is 9.74. The van der Waals surface area contributed by atoms with Crippen molar-refractivity contribution in [2.24, 2.45) is 12.8 Å². The number of amides is 2. The highest BCUT2D eigenvalue weighted by Crippen LogP contribution is 2.20. The molecule has 0 saturated carbocycles. The second-order valence-corrected chi connectivity index (χ2v) is 7.62.